The van der Waals surface area contributed by atoms with Crippen LogP contribution in [0.1, 0.15) is 60.5 Å². The molecular weight excluding hydrogens is 1170 g/mol. The molecule has 1 aliphatic rings. The number of pyridine rings is 2. The molecule has 8 amide bonds. The highest BCUT2D eigenvalue weighted by atomic mass is 19.1. The number of aryl methyl sites for hydroxylation is 1. The fourth-order valence-electron chi connectivity index (χ4n) is 8.93. The van der Waals surface area contributed by atoms with Crippen molar-refractivity contribution in [1.82, 2.24) is 46.1 Å². The number of anilines is 2. The molecule has 2 atom stereocenters. The average molecular weight is 1250 g/mol. The second-order valence-electron chi connectivity index (χ2n) is 20.7. The lowest BCUT2D eigenvalue weighted by Gasteiger charge is -2.25. The second kappa shape index (κ2) is 34.6. The summed E-state index contributed by atoms with van der Waals surface area (Å²) < 4.78 is 48.2. The number of aromatic nitrogens is 4. The van der Waals surface area contributed by atoms with Gasteiger partial charge < -0.3 is 76.1 Å². The molecule has 10 N–H and O–H groups in total. The molecule has 478 valence electrons. The first kappa shape index (κ1) is 67.6. The molecule has 0 aliphatic carbocycles. The Labute approximate surface area is 517 Å². The third kappa shape index (κ3) is 21.2. The molecule has 28 heteroatoms. The summed E-state index contributed by atoms with van der Waals surface area (Å²) >= 11 is 0. The molecule has 0 saturated carbocycles. The van der Waals surface area contributed by atoms with Gasteiger partial charge in [-0.25, -0.2) is 23.8 Å². The van der Waals surface area contributed by atoms with Gasteiger partial charge in [-0.15, -0.1) is 0 Å². The van der Waals surface area contributed by atoms with E-state index in [1.54, 1.807) is 50.4 Å². The van der Waals surface area contributed by atoms with Crippen molar-refractivity contribution in [2.75, 3.05) is 89.7 Å². The van der Waals surface area contributed by atoms with E-state index in [0.717, 1.165) is 21.5 Å². The van der Waals surface area contributed by atoms with Gasteiger partial charge in [-0.3, -0.25) is 38.8 Å². The maximum atomic E-state index is 15.0. The summed E-state index contributed by atoms with van der Waals surface area (Å²) in [6.07, 6.45) is 3.63. The van der Waals surface area contributed by atoms with Gasteiger partial charge in [0.25, 0.3) is 11.8 Å². The van der Waals surface area contributed by atoms with Crippen LogP contribution in [0, 0.1) is 18.7 Å². The number of carbonyl (C=O) groups is 8. The summed E-state index contributed by atoms with van der Waals surface area (Å²) in [4.78, 5) is 117. The number of nitrogens with two attached hydrogens (primary N) is 1. The molecule has 0 radical (unpaired) electrons. The van der Waals surface area contributed by atoms with Gasteiger partial charge in [0.15, 0.2) is 5.82 Å². The number of ether oxygens (including phenoxy) is 6. The number of primary amides is 1. The number of hydrogen-bond acceptors (Lipinski definition) is 18. The molecular formula is C62H73FN12O15. The molecule has 7 rings (SSSR count). The highest BCUT2D eigenvalue weighted by molar-refractivity contribution is 6.12. The Morgan fingerprint density at radius 2 is 1.47 bits per heavy atom. The fraction of sp³-hybridized carbons (Fsp3) is 0.371. The highest BCUT2D eigenvalue weighted by Gasteiger charge is 2.29. The fourth-order valence-corrected chi connectivity index (χ4v) is 8.93. The van der Waals surface area contributed by atoms with E-state index in [1.807, 2.05) is 43.3 Å². The number of carboxylic acid groups (broad SMARTS) is 1. The van der Waals surface area contributed by atoms with Crippen molar-refractivity contribution < 1.29 is 76.3 Å². The predicted molar refractivity (Wildman–Crippen MR) is 326 cm³/mol. The monoisotopic (exact) mass is 1240 g/mol. The van der Waals surface area contributed by atoms with Gasteiger partial charge in [0, 0.05) is 47.4 Å². The number of fused-ring (bicyclic) bond motifs is 1. The zero-order valence-corrected chi connectivity index (χ0v) is 50.0. The van der Waals surface area contributed by atoms with Crippen LogP contribution in [0.2, 0.25) is 0 Å². The number of nitrogens with one attached hydrogen (secondary N) is 7. The Hall–Kier alpha value is -9.90. The van der Waals surface area contributed by atoms with Crippen LogP contribution in [-0.4, -0.2) is 169 Å². The van der Waals surface area contributed by atoms with E-state index in [-0.39, 0.29) is 115 Å². The van der Waals surface area contributed by atoms with Crippen LogP contribution in [0.25, 0.3) is 33.5 Å². The van der Waals surface area contributed by atoms with Crippen LogP contribution in [0.5, 0.6) is 5.75 Å². The Morgan fingerprint density at radius 1 is 0.767 bits per heavy atom. The number of imide groups is 1. The number of amides is 8. The lowest BCUT2D eigenvalue weighted by molar-refractivity contribution is -0.137. The number of H-pyrrole nitrogens is 1. The van der Waals surface area contributed by atoms with Gasteiger partial charge >= 0.3 is 18.1 Å². The van der Waals surface area contributed by atoms with Crippen LogP contribution in [-0.2, 0) is 60.8 Å². The zero-order valence-electron chi connectivity index (χ0n) is 50.0. The van der Waals surface area contributed by atoms with E-state index < -0.39 is 59.3 Å². The number of hydrogen-bond donors (Lipinski definition) is 9. The number of carboxylic acids is 1. The van der Waals surface area contributed by atoms with Crippen molar-refractivity contribution in [1.29, 1.82) is 0 Å². The van der Waals surface area contributed by atoms with Gasteiger partial charge in [0.05, 0.1) is 107 Å². The largest absolute Gasteiger partial charge is 0.490 e. The first-order chi connectivity index (χ1) is 43.4. The Balaban J connectivity index is 0.815. The van der Waals surface area contributed by atoms with Crippen molar-refractivity contribution in [3.63, 3.8) is 0 Å². The molecule has 4 heterocycles. The van der Waals surface area contributed by atoms with Crippen LogP contribution < -0.4 is 42.4 Å². The van der Waals surface area contributed by atoms with E-state index in [9.17, 15) is 47.9 Å². The minimum Gasteiger partial charge on any atom is -0.490 e. The number of urea groups is 1. The summed E-state index contributed by atoms with van der Waals surface area (Å²) in [6.45, 7) is 7.65. The van der Waals surface area contributed by atoms with Gasteiger partial charge in [-0.1, -0.05) is 44.2 Å². The van der Waals surface area contributed by atoms with E-state index in [4.69, 9.17) is 39.1 Å². The second-order valence-corrected chi connectivity index (χ2v) is 20.7. The molecule has 1 aliphatic heterocycles. The third-order valence-corrected chi connectivity index (χ3v) is 13.6. The number of carbonyl (C=O) groups excluding carboxylic acids is 7. The Morgan fingerprint density at radius 3 is 2.16 bits per heavy atom. The molecule has 6 aromatic rings. The van der Waals surface area contributed by atoms with Gasteiger partial charge in [0.2, 0.25) is 17.7 Å². The lowest BCUT2D eigenvalue weighted by Crippen LogP contribution is -2.54. The summed E-state index contributed by atoms with van der Waals surface area (Å²) in [5.41, 5.74) is 9.72. The van der Waals surface area contributed by atoms with Crippen LogP contribution in [0.3, 0.4) is 0 Å². The van der Waals surface area contributed by atoms with Crippen molar-refractivity contribution >= 4 is 69.9 Å². The summed E-state index contributed by atoms with van der Waals surface area (Å²) in [7, 11) is 0. The van der Waals surface area contributed by atoms with E-state index in [1.165, 1.54) is 30.4 Å². The summed E-state index contributed by atoms with van der Waals surface area (Å²) in [5.74, 6) is -4.09. The first-order valence-electron chi connectivity index (χ1n) is 29.0. The maximum absolute atomic E-state index is 15.0. The number of alkyl carbamates (subject to hydrolysis) is 1. The molecule has 0 bridgehead atoms. The Kier molecular flexibility index (Phi) is 26.0. The quantitative estimate of drug-likeness (QED) is 0.0180. The molecule has 90 heavy (non-hydrogen) atoms. The van der Waals surface area contributed by atoms with E-state index in [2.05, 4.69) is 46.9 Å². The number of benzene rings is 3. The highest BCUT2D eigenvalue weighted by Crippen LogP contribution is 2.32. The van der Waals surface area contributed by atoms with Crippen molar-refractivity contribution in [3.05, 3.63) is 132 Å². The van der Waals surface area contributed by atoms with Gasteiger partial charge in [0.1, 0.15) is 42.6 Å². The molecule has 27 nitrogen and oxygen atoms in total. The van der Waals surface area contributed by atoms with E-state index >= 15 is 0 Å². The first-order valence-corrected chi connectivity index (χ1v) is 29.0. The summed E-state index contributed by atoms with van der Waals surface area (Å²) in [5, 5.41) is 26.4. The van der Waals surface area contributed by atoms with Crippen LogP contribution >= 0.6 is 0 Å². The standard InChI is InChI=1S/C62H73FN12O15/c1-38(2)55(74-51(76)20-24-85-27-29-87-31-32-88-30-28-86-26-23-75-52(77)18-19-53(75)78)59(80)71-49(11-6-21-65-61(64)83)58(79)70-43-15-12-40(13-16-43)37-90-62(84)66-22-25-89-44-34-42-33-41(14-17-46(42)67-35-44)56-57(48-10-4-7-39(3)69-48)73-50(72-56)36-68-47-9-5-8-45(54(47)63)60(81)82/h4-5,7-10,12-19,33-35,38,49,55,68H,6,11,20-32,36-37H2,1-3H3,(H,66,84)(H,70,79)(H,71,80)(H,72,73)(H,74,76)(H,81,82)(H3,64,65,83). The molecule has 0 fully saturated rings. The topological polar surface area (TPSA) is 368 Å². The zero-order chi connectivity index (χ0) is 64.4. The van der Waals surface area contributed by atoms with Gasteiger partial charge in [-0.2, -0.15) is 0 Å². The number of aromatic amines is 1. The predicted octanol–water partition coefficient (Wildman–Crippen LogP) is 5.14. The molecule has 3 aromatic heterocycles. The van der Waals surface area contributed by atoms with Crippen LogP contribution in [0.15, 0.2) is 103 Å². The molecule has 0 saturated heterocycles. The molecule has 2 unspecified atom stereocenters. The molecule has 3 aromatic carbocycles. The van der Waals surface area contributed by atoms with Crippen molar-refractivity contribution in [2.24, 2.45) is 11.7 Å². The van der Waals surface area contributed by atoms with Crippen LogP contribution in [0.4, 0.5) is 25.4 Å². The van der Waals surface area contributed by atoms with E-state index in [0.29, 0.717) is 65.2 Å². The maximum Gasteiger partial charge on any atom is 0.407 e. The van der Waals surface area contributed by atoms with Crippen molar-refractivity contribution in [2.45, 2.75) is 65.3 Å². The average Bonchev–Trinajstić information content (AvgIpc) is 1.80. The number of nitrogens with zero attached hydrogens (tertiary/aromatic N) is 4. The Bertz CT molecular complexity index is 3470. The molecule has 0 spiro atoms. The van der Waals surface area contributed by atoms with Gasteiger partial charge in [-0.05, 0) is 85.8 Å². The lowest BCUT2D eigenvalue weighted by atomic mass is 10.0. The third-order valence-electron chi connectivity index (χ3n) is 13.6. The minimum absolute atomic E-state index is 0.00677. The number of halogens is 1. The summed E-state index contributed by atoms with van der Waals surface area (Å²) in [6, 6.07) is 20.8. The number of aromatic carboxylic acids is 1. The normalized spacial score (nSPS) is 12.6. The SMILES string of the molecule is Cc1cccc(-c2nc(CNc3cccc(C(=O)O)c3F)[nH]c2-c2ccc3ncc(OCCNC(=O)OCc4ccc(NC(=O)C(CCCNC(N)=O)NC(=O)C(NC(=O)CCOCCOCCOCCOCCN5C(=O)C=CC5=O)C(C)C)cc4)cc3c2)n1. The smallest absolute Gasteiger partial charge is 0.407 e. The number of imidazole rings is 1. The minimum atomic E-state index is -1.38. The van der Waals surface area contributed by atoms with Crippen molar-refractivity contribution in [3.8, 4) is 28.4 Å². The number of rotatable bonds is 37.